The lowest BCUT2D eigenvalue weighted by molar-refractivity contribution is -0.142. The van der Waals surface area contributed by atoms with Crippen LogP contribution < -0.4 is 5.32 Å². The number of carbonyl (C=O) groups excluding carboxylic acids is 1. The molecule has 1 heterocycles. The van der Waals surface area contributed by atoms with Gasteiger partial charge in [-0.15, -0.1) is 0 Å². The highest BCUT2D eigenvalue weighted by atomic mass is 32.2. The zero-order valence-corrected chi connectivity index (χ0v) is 17.0. The maximum absolute atomic E-state index is 13.2. The second kappa shape index (κ2) is 9.36. The van der Waals surface area contributed by atoms with Crippen molar-refractivity contribution in [1.82, 2.24) is 9.62 Å². The van der Waals surface area contributed by atoms with Gasteiger partial charge in [-0.05, 0) is 42.7 Å². The highest BCUT2D eigenvalue weighted by Crippen LogP contribution is 2.26. The van der Waals surface area contributed by atoms with E-state index in [1.807, 2.05) is 0 Å². The number of carboxylic acids is 1. The Morgan fingerprint density at radius 1 is 1.10 bits per heavy atom. The minimum atomic E-state index is -4.03. The lowest BCUT2D eigenvalue weighted by Crippen LogP contribution is -2.55. The first-order chi connectivity index (χ1) is 14.3. The van der Waals surface area contributed by atoms with Crippen LogP contribution in [0, 0.1) is 5.82 Å². The number of nitrogens with zero attached hydrogens (tertiary/aromatic N) is 1. The normalized spacial score (nSPS) is 18.5. The Hall–Kier alpha value is -2.78. The van der Waals surface area contributed by atoms with Gasteiger partial charge in [0.1, 0.15) is 17.9 Å². The van der Waals surface area contributed by atoms with E-state index in [-0.39, 0.29) is 24.3 Å². The summed E-state index contributed by atoms with van der Waals surface area (Å²) >= 11 is 0. The number of piperidine rings is 1. The predicted octanol–water partition coefficient (Wildman–Crippen LogP) is 2.18. The molecule has 0 saturated carbocycles. The third-order valence-corrected chi connectivity index (χ3v) is 7.00. The number of carboxylic acid groups (broad SMARTS) is 1. The van der Waals surface area contributed by atoms with Gasteiger partial charge in [-0.2, -0.15) is 4.31 Å². The second-order valence-electron chi connectivity index (χ2n) is 7.17. The number of benzene rings is 2. The van der Waals surface area contributed by atoms with Gasteiger partial charge in [-0.1, -0.05) is 36.8 Å². The molecule has 1 saturated heterocycles. The minimum absolute atomic E-state index is 0.0827. The number of nitrogens with one attached hydrogen (secondary N) is 1. The molecule has 7 nitrogen and oxygen atoms in total. The number of hydrogen-bond donors (Lipinski definition) is 2. The van der Waals surface area contributed by atoms with Crippen molar-refractivity contribution in [3.05, 3.63) is 66.0 Å². The summed E-state index contributed by atoms with van der Waals surface area (Å²) < 4.78 is 40.3. The van der Waals surface area contributed by atoms with E-state index in [1.54, 1.807) is 30.3 Å². The highest BCUT2D eigenvalue weighted by Gasteiger charge is 2.38. The summed E-state index contributed by atoms with van der Waals surface area (Å²) in [6, 6.07) is 11.1. The number of halogens is 1. The van der Waals surface area contributed by atoms with E-state index < -0.39 is 39.8 Å². The van der Waals surface area contributed by atoms with Crippen LogP contribution in [0.25, 0.3) is 0 Å². The Kier molecular flexibility index (Phi) is 6.84. The van der Waals surface area contributed by atoms with Crippen LogP contribution in [0.1, 0.15) is 24.8 Å². The van der Waals surface area contributed by atoms with E-state index in [2.05, 4.69) is 5.32 Å². The van der Waals surface area contributed by atoms with Gasteiger partial charge in [0.15, 0.2) is 0 Å². The molecule has 0 unspecified atom stereocenters. The zero-order valence-electron chi connectivity index (χ0n) is 16.2. The van der Waals surface area contributed by atoms with Crippen LogP contribution in [0.2, 0.25) is 0 Å². The monoisotopic (exact) mass is 434 g/mol. The van der Waals surface area contributed by atoms with Crippen LogP contribution in [-0.4, -0.2) is 48.3 Å². The van der Waals surface area contributed by atoms with Gasteiger partial charge in [0, 0.05) is 13.0 Å². The fraction of sp³-hybridized carbons (Fsp3) is 0.333. The molecule has 1 fully saturated rings. The fourth-order valence-electron chi connectivity index (χ4n) is 3.51. The molecule has 0 aliphatic carbocycles. The predicted molar refractivity (Wildman–Crippen MR) is 108 cm³/mol. The molecule has 2 N–H and O–H groups in total. The lowest BCUT2D eigenvalue weighted by atomic mass is 10.0. The van der Waals surface area contributed by atoms with E-state index in [4.69, 9.17) is 0 Å². The largest absolute Gasteiger partial charge is 0.480 e. The number of sulfonamides is 1. The molecule has 30 heavy (non-hydrogen) atoms. The average Bonchev–Trinajstić information content (AvgIpc) is 2.74. The van der Waals surface area contributed by atoms with Gasteiger partial charge in [0.25, 0.3) is 0 Å². The maximum Gasteiger partial charge on any atom is 0.326 e. The number of carbonyl (C=O) groups is 2. The molecule has 1 aliphatic rings. The van der Waals surface area contributed by atoms with Crippen molar-refractivity contribution in [2.45, 2.75) is 42.7 Å². The van der Waals surface area contributed by atoms with Crippen LogP contribution >= 0.6 is 0 Å². The molecule has 2 atom stereocenters. The molecule has 3 rings (SSSR count). The molecule has 0 radical (unpaired) electrons. The van der Waals surface area contributed by atoms with Crippen molar-refractivity contribution >= 4 is 21.9 Å². The van der Waals surface area contributed by atoms with Gasteiger partial charge < -0.3 is 10.4 Å². The smallest absolute Gasteiger partial charge is 0.326 e. The molecule has 2 aromatic rings. The first-order valence-corrected chi connectivity index (χ1v) is 11.1. The molecule has 0 bridgehead atoms. The summed E-state index contributed by atoms with van der Waals surface area (Å²) in [4.78, 5) is 24.5. The zero-order chi connectivity index (χ0) is 21.7. The standard InChI is InChI=1S/C21H23FN2O5S/c22-16-9-11-17(12-10-16)30(28,29)24-13-5-4-8-19(24)20(25)23-18(21(26)27)14-15-6-2-1-3-7-15/h1-3,6-7,9-12,18-19H,4-5,8,13-14H2,(H,23,25)(H,26,27)/t18-,19-/m0/s1. The minimum Gasteiger partial charge on any atom is -0.480 e. The molecule has 9 heteroatoms. The van der Waals surface area contributed by atoms with Gasteiger partial charge in [-0.3, -0.25) is 4.79 Å². The van der Waals surface area contributed by atoms with Crippen LogP contribution in [0.3, 0.4) is 0 Å². The maximum atomic E-state index is 13.2. The number of amides is 1. The van der Waals surface area contributed by atoms with Gasteiger partial charge in [0.2, 0.25) is 15.9 Å². The Labute approximate surface area is 174 Å². The Morgan fingerprint density at radius 2 is 1.77 bits per heavy atom. The van der Waals surface area contributed by atoms with Crippen molar-refractivity contribution in [2.75, 3.05) is 6.54 Å². The number of rotatable bonds is 7. The van der Waals surface area contributed by atoms with Crippen molar-refractivity contribution in [2.24, 2.45) is 0 Å². The molecule has 1 aliphatic heterocycles. The van der Waals surface area contributed by atoms with E-state index in [9.17, 15) is 27.5 Å². The van der Waals surface area contributed by atoms with Gasteiger partial charge >= 0.3 is 5.97 Å². The van der Waals surface area contributed by atoms with Crippen LogP contribution in [-0.2, 0) is 26.0 Å². The van der Waals surface area contributed by atoms with Crippen molar-refractivity contribution in [3.8, 4) is 0 Å². The highest BCUT2D eigenvalue weighted by molar-refractivity contribution is 7.89. The number of aliphatic carboxylic acids is 1. The molecule has 0 aromatic heterocycles. The Bertz CT molecular complexity index is 996. The fourth-order valence-corrected chi connectivity index (χ4v) is 5.17. The summed E-state index contributed by atoms with van der Waals surface area (Å²) in [6.07, 6.45) is 1.59. The van der Waals surface area contributed by atoms with E-state index in [1.165, 1.54) is 0 Å². The molecule has 0 spiro atoms. The second-order valence-corrected chi connectivity index (χ2v) is 9.06. The quantitative estimate of drug-likeness (QED) is 0.695. The third kappa shape index (κ3) is 5.03. The average molecular weight is 434 g/mol. The van der Waals surface area contributed by atoms with Crippen molar-refractivity contribution in [3.63, 3.8) is 0 Å². The summed E-state index contributed by atoms with van der Waals surface area (Å²) in [5, 5.41) is 12.0. The van der Waals surface area contributed by atoms with Gasteiger partial charge in [-0.25, -0.2) is 17.6 Å². The lowest BCUT2D eigenvalue weighted by Gasteiger charge is -2.34. The summed E-state index contributed by atoms with van der Waals surface area (Å²) in [5.41, 5.74) is 0.740. The van der Waals surface area contributed by atoms with Crippen LogP contribution in [0.5, 0.6) is 0 Å². The molecule has 1 amide bonds. The summed E-state index contributed by atoms with van der Waals surface area (Å²) in [5.74, 6) is -2.41. The van der Waals surface area contributed by atoms with Crippen molar-refractivity contribution in [1.29, 1.82) is 0 Å². The molecule has 160 valence electrons. The SMILES string of the molecule is O=C(O)[C@H](Cc1ccccc1)NC(=O)[C@@H]1CCCCN1S(=O)(=O)c1ccc(F)cc1. The van der Waals surface area contributed by atoms with Crippen LogP contribution in [0.15, 0.2) is 59.5 Å². The van der Waals surface area contributed by atoms with E-state index >= 15 is 0 Å². The van der Waals surface area contributed by atoms with E-state index in [0.29, 0.717) is 12.8 Å². The number of hydrogen-bond acceptors (Lipinski definition) is 4. The first kappa shape index (κ1) is 21.9. The summed E-state index contributed by atoms with van der Waals surface area (Å²) in [7, 11) is -4.03. The molecule has 2 aromatic carbocycles. The molecular weight excluding hydrogens is 411 g/mol. The van der Waals surface area contributed by atoms with E-state index in [0.717, 1.165) is 34.1 Å². The Morgan fingerprint density at radius 3 is 2.40 bits per heavy atom. The summed E-state index contributed by atoms with van der Waals surface area (Å²) in [6.45, 7) is 0.133. The van der Waals surface area contributed by atoms with Crippen molar-refractivity contribution < 1.29 is 27.5 Å². The molecular formula is C21H23FN2O5S. The Balaban J connectivity index is 1.79. The topological polar surface area (TPSA) is 104 Å². The van der Waals surface area contributed by atoms with Crippen LogP contribution in [0.4, 0.5) is 4.39 Å². The van der Waals surface area contributed by atoms with Gasteiger partial charge in [0.05, 0.1) is 4.90 Å². The first-order valence-electron chi connectivity index (χ1n) is 9.63. The third-order valence-electron chi connectivity index (χ3n) is 5.07.